The molecule has 0 radical (unpaired) electrons. The molecule has 3 amide bonds. The summed E-state index contributed by atoms with van der Waals surface area (Å²) in [5.74, 6) is 0.928. The van der Waals surface area contributed by atoms with Gasteiger partial charge in [0.05, 0.1) is 17.1 Å². The molecule has 0 fully saturated rings. The highest BCUT2D eigenvalue weighted by atomic mass is 32.2. The molecule has 8 nitrogen and oxygen atoms in total. The lowest BCUT2D eigenvalue weighted by Gasteiger charge is -2.18. The molecule has 1 atom stereocenters. The van der Waals surface area contributed by atoms with Gasteiger partial charge in [0.25, 0.3) is 0 Å². The minimum absolute atomic E-state index is 0.0184. The lowest BCUT2D eigenvalue weighted by atomic mass is 10.1. The minimum atomic E-state index is -0.867. The highest BCUT2D eigenvalue weighted by Crippen LogP contribution is 2.30. The maximum Gasteiger partial charge on any atom is 0.318 e. The number of nitrogens with one attached hydrogen (secondary N) is 1. The maximum absolute atomic E-state index is 12.1. The Morgan fingerprint density at radius 2 is 2.09 bits per heavy atom. The standard InChI is InChI=1S/C14H19N5O3S/c1-7(2)10(12(20)16-13(15)21)23-14-18-17-11(19(14)4)9-5-6-22-8(9)3/h5-7,10H,1-4H3,(H3,15,16,20,21)/t10-/m1/s1. The molecule has 0 spiro atoms. The fourth-order valence-electron chi connectivity index (χ4n) is 2.07. The monoisotopic (exact) mass is 337 g/mol. The van der Waals surface area contributed by atoms with Crippen LogP contribution in [0.3, 0.4) is 0 Å². The Hall–Kier alpha value is -2.29. The van der Waals surface area contributed by atoms with Gasteiger partial charge >= 0.3 is 6.03 Å². The van der Waals surface area contributed by atoms with E-state index in [4.69, 9.17) is 10.2 Å². The number of imide groups is 1. The van der Waals surface area contributed by atoms with Gasteiger partial charge in [-0.2, -0.15) is 0 Å². The number of carbonyl (C=O) groups is 2. The predicted octanol–water partition coefficient (Wildman–Crippen LogP) is 1.70. The number of primary amides is 1. The van der Waals surface area contributed by atoms with Crippen LogP contribution in [0.5, 0.6) is 0 Å². The zero-order valence-corrected chi connectivity index (χ0v) is 14.2. The predicted molar refractivity (Wildman–Crippen MR) is 85.7 cm³/mol. The van der Waals surface area contributed by atoms with Crippen LogP contribution in [0.1, 0.15) is 19.6 Å². The highest BCUT2D eigenvalue weighted by molar-refractivity contribution is 8.00. The third-order valence-electron chi connectivity index (χ3n) is 3.28. The van der Waals surface area contributed by atoms with E-state index in [1.165, 1.54) is 11.8 Å². The number of hydrogen-bond acceptors (Lipinski definition) is 6. The molecule has 0 unspecified atom stereocenters. The number of aromatic nitrogens is 3. The molecule has 0 bridgehead atoms. The molecule has 0 aliphatic carbocycles. The summed E-state index contributed by atoms with van der Waals surface area (Å²) in [4.78, 5) is 23.0. The number of hydrogen-bond donors (Lipinski definition) is 2. The Bertz CT molecular complexity index is 722. The van der Waals surface area contributed by atoms with Gasteiger partial charge in [-0.15, -0.1) is 10.2 Å². The van der Waals surface area contributed by atoms with Crippen LogP contribution < -0.4 is 11.1 Å². The first-order valence-corrected chi connectivity index (χ1v) is 7.90. The molecule has 124 valence electrons. The highest BCUT2D eigenvalue weighted by Gasteiger charge is 2.27. The summed E-state index contributed by atoms with van der Waals surface area (Å²) in [5, 5.41) is 10.5. The van der Waals surface area contributed by atoms with Gasteiger partial charge in [0.15, 0.2) is 11.0 Å². The maximum atomic E-state index is 12.1. The van der Waals surface area contributed by atoms with E-state index in [9.17, 15) is 9.59 Å². The molecule has 0 saturated heterocycles. The minimum Gasteiger partial charge on any atom is -0.469 e. The molecule has 0 aliphatic heterocycles. The van der Waals surface area contributed by atoms with E-state index >= 15 is 0 Å². The molecule has 0 saturated carbocycles. The molecule has 2 rings (SSSR count). The molecule has 3 N–H and O–H groups in total. The number of urea groups is 1. The number of carbonyl (C=O) groups excluding carboxylic acids is 2. The van der Waals surface area contributed by atoms with Crippen LogP contribution in [0.25, 0.3) is 11.4 Å². The zero-order chi connectivity index (χ0) is 17.1. The van der Waals surface area contributed by atoms with Crippen molar-refractivity contribution in [2.24, 2.45) is 18.7 Å². The average Bonchev–Trinajstić information content (AvgIpc) is 3.01. The Labute approximate surface area is 137 Å². The summed E-state index contributed by atoms with van der Waals surface area (Å²) in [7, 11) is 1.81. The van der Waals surface area contributed by atoms with Crippen LogP contribution in [-0.2, 0) is 11.8 Å². The van der Waals surface area contributed by atoms with Gasteiger partial charge in [0.1, 0.15) is 5.76 Å². The van der Waals surface area contributed by atoms with Crippen LogP contribution in [-0.4, -0.2) is 32.0 Å². The van der Waals surface area contributed by atoms with Crippen LogP contribution in [0.15, 0.2) is 21.9 Å². The van der Waals surface area contributed by atoms with Crippen LogP contribution in [0, 0.1) is 12.8 Å². The van der Waals surface area contributed by atoms with E-state index < -0.39 is 17.2 Å². The molecule has 2 heterocycles. The van der Waals surface area contributed by atoms with Gasteiger partial charge in [-0.1, -0.05) is 25.6 Å². The first-order valence-electron chi connectivity index (χ1n) is 7.02. The van der Waals surface area contributed by atoms with Crippen molar-refractivity contribution in [1.29, 1.82) is 0 Å². The van der Waals surface area contributed by atoms with E-state index in [0.717, 1.165) is 11.3 Å². The van der Waals surface area contributed by atoms with Gasteiger partial charge in [0, 0.05) is 7.05 Å². The number of nitrogens with zero attached hydrogens (tertiary/aromatic N) is 3. The van der Waals surface area contributed by atoms with Crippen molar-refractivity contribution >= 4 is 23.7 Å². The van der Waals surface area contributed by atoms with E-state index in [2.05, 4.69) is 15.5 Å². The van der Waals surface area contributed by atoms with E-state index in [0.29, 0.717) is 11.0 Å². The second-order valence-corrected chi connectivity index (χ2v) is 6.50. The number of thioether (sulfide) groups is 1. The van der Waals surface area contributed by atoms with Crippen LogP contribution in [0.2, 0.25) is 0 Å². The summed E-state index contributed by atoms with van der Waals surface area (Å²) in [6, 6.07) is 0.946. The molecular weight excluding hydrogens is 318 g/mol. The number of nitrogens with two attached hydrogens (primary N) is 1. The van der Waals surface area contributed by atoms with E-state index in [1.54, 1.807) is 10.8 Å². The Kier molecular flexibility index (Phi) is 5.09. The largest absolute Gasteiger partial charge is 0.469 e. The fraction of sp³-hybridized carbons (Fsp3) is 0.429. The molecule has 9 heteroatoms. The third kappa shape index (κ3) is 3.73. The van der Waals surface area contributed by atoms with Crippen molar-refractivity contribution in [3.8, 4) is 11.4 Å². The lowest BCUT2D eigenvalue weighted by molar-refractivity contribution is -0.120. The van der Waals surface area contributed by atoms with Crippen molar-refractivity contribution < 1.29 is 14.0 Å². The molecule has 2 aromatic rings. The van der Waals surface area contributed by atoms with Crippen molar-refractivity contribution in [1.82, 2.24) is 20.1 Å². The van der Waals surface area contributed by atoms with Gasteiger partial charge in [-0.05, 0) is 18.9 Å². The summed E-state index contributed by atoms with van der Waals surface area (Å²) in [6.45, 7) is 5.61. The fourth-order valence-corrected chi connectivity index (χ4v) is 3.07. The molecule has 0 aliphatic rings. The topological polar surface area (TPSA) is 116 Å². The normalized spacial score (nSPS) is 12.4. The Morgan fingerprint density at radius 1 is 1.39 bits per heavy atom. The molecule has 2 aromatic heterocycles. The summed E-state index contributed by atoms with van der Waals surface area (Å²) in [6.07, 6.45) is 1.59. The lowest BCUT2D eigenvalue weighted by Crippen LogP contribution is -2.42. The van der Waals surface area contributed by atoms with E-state index in [-0.39, 0.29) is 5.92 Å². The average molecular weight is 337 g/mol. The summed E-state index contributed by atoms with van der Waals surface area (Å²) in [5.41, 5.74) is 5.86. The van der Waals surface area contributed by atoms with Gasteiger partial charge in [-0.3, -0.25) is 10.1 Å². The Balaban J connectivity index is 2.25. The summed E-state index contributed by atoms with van der Waals surface area (Å²) < 4.78 is 7.07. The second kappa shape index (κ2) is 6.86. The van der Waals surface area contributed by atoms with Crippen molar-refractivity contribution in [2.75, 3.05) is 0 Å². The first-order chi connectivity index (χ1) is 10.8. The third-order valence-corrected chi connectivity index (χ3v) is 4.86. The molecule has 0 aromatic carbocycles. The molecular formula is C14H19N5O3S. The Morgan fingerprint density at radius 3 is 2.61 bits per heavy atom. The summed E-state index contributed by atoms with van der Waals surface area (Å²) >= 11 is 1.24. The van der Waals surface area contributed by atoms with Crippen molar-refractivity contribution in [3.63, 3.8) is 0 Å². The van der Waals surface area contributed by atoms with Gasteiger partial charge < -0.3 is 14.7 Å². The quantitative estimate of drug-likeness (QED) is 0.802. The number of furan rings is 1. The smallest absolute Gasteiger partial charge is 0.318 e. The SMILES string of the molecule is Cc1occc1-c1nnc(S[C@@H](C(=O)NC(N)=O)C(C)C)n1C. The number of rotatable bonds is 5. The zero-order valence-electron chi connectivity index (χ0n) is 13.4. The molecule has 23 heavy (non-hydrogen) atoms. The first kappa shape index (κ1) is 17.1. The number of aryl methyl sites for hydroxylation is 1. The second-order valence-electron chi connectivity index (χ2n) is 5.39. The van der Waals surface area contributed by atoms with E-state index in [1.807, 2.05) is 33.9 Å². The van der Waals surface area contributed by atoms with Gasteiger partial charge in [-0.25, -0.2) is 4.79 Å². The van der Waals surface area contributed by atoms with Crippen LogP contribution >= 0.6 is 11.8 Å². The van der Waals surface area contributed by atoms with Crippen molar-refractivity contribution in [2.45, 2.75) is 31.2 Å². The van der Waals surface area contributed by atoms with Gasteiger partial charge in [0.2, 0.25) is 5.91 Å². The van der Waals surface area contributed by atoms with Crippen molar-refractivity contribution in [3.05, 3.63) is 18.1 Å². The van der Waals surface area contributed by atoms with Crippen LogP contribution in [0.4, 0.5) is 4.79 Å². The number of amides is 3.